The van der Waals surface area contributed by atoms with Crippen LogP contribution < -0.4 is 5.56 Å². The lowest BCUT2D eigenvalue weighted by molar-refractivity contribution is -0.144. The summed E-state index contributed by atoms with van der Waals surface area (Å²) in [6.45, 7) is 1.07. The average Bonchev–Trinajstić information content (AvgIpc) is 3.06. The summed E-state index contributed by atoms with van der Waals surface area (Å²) in [6, 6.07) is 5.11. The Morgan fingerprint density at radius 2 is 1.97 bits per heavy atom. The van der Waals surface area contributed by atoms with E-state index in [4.69, 9.17) is 11.6 Å². The van der Waals surface area contributed by atoms with Crippen LogP contribution in [0, 0.1) is 0 Å². The number of hydrogen-bond donors (Lipinski definition) is 0. The second kappa shape index (κ2) is 7.09. The number of halogens is 5. The molecule has 0 radical (unpaired) electrons. The molecule has 0 spiro atoms. The van der Waals surface area contributed by atoms with Gasteiger partial charge in [-0.3, -0.25) is 9.59 Å². The van der Waals surface area contributed by atoms with Crippen LogP contribution in [0.4, 0.5) is 17.6 Å². The van der Waals surface area contributed by atoms with E-state index in [2.05, 4.69) is 0 Å². The monoisotopic (exact) mass is 458 g/mol. The second-order valence-electron chi connectivity index (χ2n) is 7.49. The van der Waals surface area contributed by atoms with E-state index < -0.39 is 33.9 Å². The molecule has 0 unspecified atom stereocenters. The van der Waals surface area contributed by atoms with Gasteiger partial charge in [-0.2, -0.15) is 13.2 Å². The molecule has 0 saturated carbocycles. The summed E-state index contributed by atoms with van der Waals surface area (Å²) in [5, 5.41) is 1.40. The van der Waals surface area contributed by atoms with Crippen molar-refractivity contribution in [3.63, 3.8) is 0 Å². The first-order chi connectivity index (χ1) is 14.0. The minimum Gasteiger partial charge on any atom is -0.335 e. The van der Waals surface area contributed by atoms with E-state index >= 15 is 0 Å². The van der Waals surface area contributed by atoms with Gasteiger partial charge in [-0.05, 0) is 30.7 Å². The topological polar surface area (TPSA) is 42.3 Å². The number of fused-ring (bicyclic) bond motifs is 1. The normalized spacial score (nSPS) is 16.0. The summed E-state index contributed by atoms with van der Waals surface area (Å²) >= 11 is 6.91. The predicted molar refractivity (Wildman–Crippen MR) is 108 cm³/mol. The SMILES string of the molecule is CC1(F)CN(C(=O)Cn2ccc3scc(-c4ccc(Cl)c(C(F)(F)F)c4)c3c2=O)C1. The number of aromatic nitrogens is 1. The molecule has 1 fully saturated rings. The van der Waals surface area contributed by atoms with E-state index in [9.17, 15) is 27.2 Å². The second-order valence-corrected chi connectivity index (χ2v) is 8.81. The Bertz CT molecular complexity index is 1210. The molecule has 0 N–H and O–H groups in total. The van der Waals surface area contributed by atoms with Crippen LogP contribution in [0.2, 0.25) is 5.02 Å². The molecule has 3 heterocycles. The molecule has 0 aliphatic carbocycles. The van der Waals surface area contributed by atoms with Crippen LogP contribution in [0.5, 0.6) is 0 Å². The van der Waals surface area contributed by atoms with Crippen LogP contribution in [0.15, 0.2) is 40.6 Å². The van der Waals surface area contributed by atoms with Crippen molar-refractivity contribution in [1.82, 2.24) is 9.47 Å². The van der Waals surface area contributed by atoms with Crippen molar-refractivity contribution in [3.05, 3.63) is 56.8 Å². The molecule has 4 nitrogen and oxygen atoms in total. The Labute approximate surface area is 177 Å². The predicted octanol–water partition coefficient (Wildman–Crippen LogP) is 4.97. The number of benzene rings is 1. The molecule has 4 rings (SSSR count). The van der Waals surface area contributed by atoms with Crippen molar-refractivity contribution in [2.75, 3.05) is 13.1 Å². The van der Waals surface area contributed by atoms with Gasteiger partial charge in [0.2, 0.25) is 5.91 Å². The number of alkyl halides is 4. The van der Waals surface area contributed by atoms with Gasteiger partial charge in [0.15, 0.2) is 0 Å². The molecule has 3 aromatic rings. The van der Waals surface area contributed by atoms with Crippen LogP contribution in [0.1, 0.15) is 12.5 Å². The van der Waals surface area contributed by atoms with Crippen molar-refractivity contribution >= 4 is 38.9 Å². The van der Waals surface area contributed by atoms with E-state index in [0.29, 0.717) is 10.3 Å². The number of carbonyl (C=O) groups is 1. The fraction of sp³-hybridized carbons (Fsp3) is 0.300. The molecule has 1 amide bonds. The van der Waals surface area contributed by atoms with Crippen molar-refractivity contribution in [2.24, 2.45) is 0 Å². The number of likely N-dealkylation sites (tertiary alicyclic amines) is 1. The molecule has 2 aromatic heterocycles. The number of thiophene rings is 1. The first kappa shape index (κ1) is 20.9. The Morgan fingerprint density at radius 3 is 2.60 bits per heavy atom. The first-order valence-corrected chi connectivity index (χ1v) is 10.2. The van der Waals surface area contributed by atoms with E-state index in [1.54, 1.807) is 11.4 Å². The Hall–Kier alpha value is -2.39. The number of rotatable bonds is 3. The summed E-state index contributed by atoms with van der Waals surface area (Å²) < 4.78 is 55.1. The van der Waals surface area contributed by atoms with E-state index in [1.165, 1.54) is 40.0 Å². The third-order valence-electron chi connectivity index (χ3n) is 4.98. The fourth-order valence-corrected chi connectivity index (χ4v) is 4.68. The maximum Gasteiger partial charge on any atom is 0.417 e. The van der Waals surface area contributed by atoms with Crippen LogP contribution in [0.3, 0.4) is 0 Å². The highest BCUT2D eigenvalue weighted by molar-refractivity contribution is 7.17. The van der Waals surface area contributed by atoms with Gasteiger partial charge in [0.25, 0.3) is 5.56 Å². The molecule has 1 aliphatic heterocycles. The molecule has 1 saturated heterocycles. The third-order valence-corrected chi connectivity index (χ3v) is 6.26. The third kappa shape index (κ3) is 3.72. The lowest BCUT2D eigenvalue weighted by atomic mass is 9.99. The van der Waals surface area contributed by atoms with Crippen LogP contribution in [-0.2, 0) is 17.5 Å². The van der Waals surface area contributed by atoms with Crippen LogP contribution >= 0.6 is 22.9 Å². The molecule has 30 heavy (non-hydrogen) atoms. The maximum atomic E-state index is 13.6. The van der Waals surface area contributed by atoms with Gasteiger partial charge >= 0.3 is 6.18 Å². The van der Waals surface area contributed by atoms with Crippen molar-refractivity contribution in [3.8, 4) is 11.1 Å². The van der Waals surface area contributed by atoms with Gasteiger partial charge in [0.05, 0.1) is 29.1 Å². The van der Waals surface area contributed by atoms with Gasteiger partial charge in [-0.1, -0.05) is 17.7 Å². The number of pyridine rings is 1. The van der Waals surface area contributed by atoms with E-state index in [-0.39, 0.29) is 30.6 Å². The highest BCUT2D eigenvalue weighted by atomic mass is 35.5. The number of nitrogens with zero attached hydrogens (tertiary/aromatic N) is 2. The molecular weight excluding hydrogens is 444 g/mol. The van der Waals surface area contributed by atoms with Gasteiger partial charge in [-0.25, -0.2) is 4.39 Å². The zero-order valence-electron chi connectivity index (χ0n) is 15.6. The highest BCUT2D eigenvalue weighted by Gasteiger charge is 2.41. The molecular formula is C20H15ClF4N2O2S. The van der Waals surface area contributed by atoms with Crippen molar-refractivity contribution in [1.29, 1.82) is 0 Å². The summed E-state index contributed by atoms with van der Waals surface area (Å²) in [4.78, 5) is 26.6. The first-order valence-electron chi connectivity index (χ1n) is 8.91. The van der Waals surface area contributed by atoms with Crippen molar-refractivity contribution in [2.45, 2.75) is 25.3 Å². The fourth-order valence-electron chi connectivity index (χ4n) is 3.50. The molecule has 1 aliphatic rings. The molecule has 1 aromatic carbocycles. The van der Waals surface area contributed by atoms with Gasteiger partial charge < -0.3 is 9.47 Å². The zero-order chi connectivity index (χ0) is 21.8. The molecule has 0 bridgehead atoms. The maximum absolute atomic E-state index is 13.6. The van der Waals surface area contributed by atoms with Gasteiger partial charge in [0, 0.05) is 21.8 Å². The zero-order valence-corrected chi connectivity index (χ0v) is 17.2. The molecule has 158 valence electrons. The summed E-state index contributed by atoms with van der Waals surface area (Å²) in [7, 11) is 0. The summed E-state index contributed by atoms with van der Waals surface area (Å²) in [6.07, 6.45) is -3.17. The smallest absolute Gasteiger partial charge is 0.335 e. The minimum absolute atomic E-state index is 0.0302. The van der Waals surface area contributed by atoms with Gasteiger partial charge in [-0.15, -0.1) is 11.3 Å². The number of hydrogen-bond acceptors (Lipinski definition) is 3. The largest absolute Gasteiger partial charge is 0.417 e. The summed E-state index contributed by atoms with van der Waals surface area (Å²) in [5.74, 6) is -0.394. The minimum atomic E-state index is -4.63. The van der Waals surface area contributed by atoms with Crippen molar-refractivity contribution < 1.29 is 22.4 Å². The summed E-state index contributed by atoms with van der Waals surface area (Å²) in [5.41, 5.74) is -2.36. The van der Waals surface area contributed by atoms with Gasteiger partial charge in [0.1, 0.15) is 12.2 Å². The van der Waals surface area contributed by atoms with Crippen LogP contribution in [-0.4, -0.2) is 34.1 Å². The quantitative estimate of drug-likeness (QED) is 0.520. The Balaban J connectivity index is 1.73. The number of amides is 1. The highest BCUT2D eigenvalue weighted by Crippen LogP contribution is 2.39. The van der Waals surface area contributed by atoms with Crippen LogP contribution in [0.25, 0.3) is 21.2 Å². The Kier molecular flexibility index (Phi) is 4.93. The lowest BCUT2D eigenvalue weighted by Crippen LogP contribution is -2.60. The standard InChI is InChI=1S/C20H15ClF4N2O2S/c1-19(22)9-27(10-19)16(28)7-26-5-4-15-17(18(26)29)12(8-30-15)11-2-3-14(21)13(6-11)20(23,24)25/h2-6,8H,7,9-10H2,1H3. The Morgan fingerprint density at radius 1 is 1.27 bits per heavy atom. The lowest BCUT2D eigenvalue weighted by Gasteiger charge is -2.42. The molecule has 10 heteroatoms. The van der Waals surface area contributed by atoms with E-state index in [1.807, 2.05) is 0 Å². The molecule has 0 atom stereocenters. The average molecular weight is 459 g/mol. The number of carbonyl (C=O) groups excluding carboxylic acids is 1. The van der Waals surface area contributed by atoms with E-state index in [0.717, 1.165) is 12.1 Å².